The van der Waals surface area contributed by atoms with Gasteiger partial charge in [0, 0.05) is 17.8 Å². The number of hydrogen-bond donors (Lipinski definition) is 3. The second kappa shape index (κ2) is 6.92. The Morgan fingerprint density at radius 2 is 1.59 bits per heavy atom. The summed E-state index contributed by atoms with van der Waals surface area (Å²) in [5.74, 6) is 0.200. The van der Waals surface area contributed by atoms with Crippen molar-refractivity contribution in [3.05, 3.63) is 24.3 Å². The third-order valence-electron chi connectivity index (χ3n) is 3.97. The number of rotatable bonds is 5. The fourth-order valence-corrected chi connectivity index (χ4v) is 2.71. The molecular weight excluding hydrogens is 278 g/mol. The van der Waals surface area contributed by atoms with Crippen LogP contribution < -0.4 is 16.4 Å². The average Bonchev–Trinajstić information content (AvgIpc) is 2.88. The van der Waals surface area contributed by atoms with Gasteiger partial charge in [-0.3, -0.25) is 9.59 Å². The predicted molar refractivity (Wildman–Crippen MR) is 88.5 cm³/mol. The number of hydrogen-bond acceptors (Lipinski definition) is 3. The molecule has 0 radical (unpaired) electrons. The van der Waals surface area contributed by atoms with Crippen molar-refractivity contribution in [2.75, 3.05) is 10.6 Å². The van der Waals surface area contributed by atoms with Crippen LogP contribution >= 0.6 is 0 Å². The monoisotopic (exact) mass is 303 g/mol. The van der Waals surface area contributed by atoms with Gasteiger partial charge in [0.1, 0.15) is 0 Å². The molecule has 0 aliphatic heterocycles. The Morgan fingerprint density at radius 1 is 1.09 bits per heavy atom. The molecule has 2 rings (SSSR count). The van der Waals surface area contributed by atoms with Crippen LogP contribution in [0.5, 0.6) is 0 Å². The van der Waals surface area contributed by atoms with Gasteiger partial charge in [0.2, 0.25) is 11.8 Å². The molecule has 1 saturated carbocycles. The zero-order valence-corrected chi connectivity index (χ0v) is 13.3. The van der Waals surface area contributed by atoms with E-state index in [1.165, 1.54) is 0 Å². The number of nitrogens with one attached hydrogen (secondary N) is 2. The summed E-state index contributed by atoms with van der Waals surface area (Å²) in [6.07, 6.45) is 3.98. The zero-order chi connectivity index (χ0) is 16.2. The topological polar surface area (TPSA) is 84.2 Å². The molecule has 5 nitrogen and oxygen atoms in total. The van der Waals surface area contributed by atoms with E-state index in [1.54, 1.807) is 24.3 Å². The molecule has 2 amide bonds. The second-order valence-electron chi connectivity index (χ2n) is 6.54. The lowest BCUT2D eigenvalue weighted by Gasteiger charge is -2.22. The molecule has 0 unspecified atom stereocenters. The number of anilines is 2. The summed E-state index contributed by atoms with van der Waals surface area (Å²) < 4.78 is 0. The largest absolute Gasteiger partial charge is 0.326 e. The van der Waals surface area contributed by atoms with Crippen molar-refractivity contribution in [1.29, 1.82) is 0 Å². The molecule has 0 bridgehead atoms. The molecule has 120 valence electrons. The van der Waals surface area contributed by atoms with E-state index in [0.29, 0.717) is 18.0 Å². The lowest BCUT2D eigenvalue weighted by atomic mass is 9.98. The number of nitrogens with two attached hydrogens (primary N) is 1. The molecule has 0 saturated heterocycles. The first-order chi connectivity index (χ1) is 10.4. The van der Waals surface area contributed by atoms with Crippen molar-refractivity contribution in [3.8, 4) is 0 Å². The van der Waals surface area contributed by atoms with Gasteiger partial charge in [-0.05, 0) is 43.0 Å². The quantitative estimate of drug-likeness (QED) is 0.782. The fraction of sp³-hybridized carbons (Fsp3) is 0.529. The molecule has 4 N–H and O–H groups in total. The van der Waals surface area contributed by atoms with E-state index in [4.69, 9.17) is 5.73 Å². The van der Waals surface area contributed by atoms with Crippen molar-refractivity contribution in [3.63, 3.8) is 0 Å². The van der Waals surface area contributed by atoms with Gasteiger partial charge in [-0.1, -0.05) is 26.7 Å². The van der Waals surface area contributed by atoms with Crippen molar-refractivity contribution >= 4 is 23.2 Å². The van der Waals surface area contributed by atoms with Crippen LogP contribution in [0, 0.1) is 5.92 Å². The number of carbonyl (C=O) groups excluding carboxylic acids is 2. The second-order valence-corrected chi connectivity index (χ2v) is 6.54. The van der Waals surface area contributed by atoms with Crippen LogP contribution in [0.3, 0.4) is 0 Å². The summed E-state index contributed by atoms with van der Waals surface area (Å²) >= 11 is 0. The SMILES string of the molecule is CC(C)CC(=O)Nc1ccc(NC(=O)C2(N)CCCC2)cc1. The Bertz CT molecular complexity index is 531. The van der Waals surface area contributed by atoms with E-state index in [1.807, 2.05) is 13.8 Å². The highest BCUT2D eigenvalue weighted by Gasteiger charge is 2.36. The van der Waals surface area contributed by atoms with Crippen LogP contribution in [-0.4, -0.2) is 17.4 Å². The Morgan fingerprint density at radius 3 is 2.09 bits per heavy atom. The minimum Gasteiger partial charge on any atom is -0.326 e. The first kappa shape index (κ1) is 16.5. The highest BCUT2D eigenvalue weighted by Crippen LogP contribution is 2.28. The lowest BCUT2D eigenvalue weighted by Crippen LogP contribution is -2.48. The summed E-state index contributed by atoms with van der Waals surface area (Å²) in [6, 6.07) is 7.12. The molecule has 0 spiro atoms. The maximum absolute atomic E-state index is 12.2. The summed E-state index contributed by atoms with van der Waals surface area (Å²) in [6.45, 7) is 4.01. The Kier molecular flexibility index (Phi) is 5.19. The minimum absolute atomic E-state index is 0.00125. The first-order valence-electron chi connectivity index (χ1n) is 7.89. The fourth-order valence-electron chi connectivity index (χ4n) is 2.71. The van der Waals surface area contributed by atoms with E-state index < -0.39 is 5.54 Å². The lowest BCUT2D eigenvalue weighted by molar-refractivity contribution is -0.121. The van der Waals surface area contributed by atoms with Crippen molar-refractivity contribution in [2.24, 2.45) is 11.7 Å². The molecule has 0 atom stereocenters. The number of amides is 2. The Labute approximate surface area is 131 Å². The van der Waals surface area contributed by atoms with E-state index in [2.05, 4.69) is 10.6 Å². The molecule has 22 heavy (non-hydrogen) atoms. The molecule has 1 aromatic carbocycles. The summed E-state index contributed by atoms with van der Waals surface area (Å²) in [7, 11) is 0. The van der Waals surface area contributed by atoms with Gasteiger partial charge in [-0.15, -0.1) is 0 Å². The molecule has 1 aromatic rings. The zero-order valence-electron chi connectivity index (χ0n) is 13.3. The highest BCUT2D eigenvalue weighted by molar-refractivity contribution is 5.98. The first-order valence-corrected chi connectivity index (χ1v) is 7.89. The van der Waals surface area contributed by atoms with Gasteiger partial charge in [-0.25, -0.2) is 0 Å². The molecule has 0 aromatic heterocycles. The summed E-state index contributed by atoms with van der Waals surface area (Å²) in [5, 5.41) is 5.70. The highest BCUT2D eigenvalue weighted by atomic mass is 16.2. The number of benzene rings is 1. The molecular formula is C17H25N3O2. The molecule has 1 fully saturated rings. The van der Waals surface area contributed by atoms with Crippen molar-refractivity contribution < 1.29 is 9.59 Å². The smallest absolute Gasteiger partial charge is 0.244 e. The van der Waals surface area contributed by atoms with Crippen LogP contribution in [0.1, 0.15) is 46.0 Å². The van der Waals surface area contributed by atoms with Crippen LogP contribution in [0.2, 0.25) is 0 Å². The Balaban J connectivity index is 1.91. The van der Waals surface area contributed by atoms with Crippen molar-refractivity contribution in [1.82, 2.24) is 0 Å². The average molecular weight is 303 g/mol. The molecule has 0 heterocycles. The van der Waals surface area contributed by atoms with E-state index in [9.17, 15) is 9.59 Å². The van der Waals surface area contributed by atoms with Crippen LogP contribution in [0.15, 0.2) is 24.3 Å². The normalized spacial score (nSPS) is 16.5. The van der Waals surface area contributed by atoms with E-state index in [0.717, 1.165) is 31.4 Å². The van der Waals surface area contributed by atoms with E-state index >= 15 is 0 Å². The van der Waals surface area contributed by atoms with Crippen LogP contribution in [0.4, 0.5) is 11.4 Å². The Hall–Kier alpha value is -1.88. The minimum atomic E-state index is -0.732. The van der Waals surface area contributed by atoms with Gasteiger partial charge in [0.25, 0.3) is 0 Å². The van der Waals surface area contributed by atoms with E-state index in [-0.39, 0.29) is 11.8 Å². The third kappa shape index (κ3) is 4.31. The summed E-state index contributed by atoms with van der Waals surface area (Å²) in [4.78, 5) is 23.9. The van der Waals surface area contributed by atoms with Gasteiger partial charge < -0.3 is 16.4 Å². The van der Waals surface area contributed by atoms with Gasteiger partial charge in [-0.2, -0.15) is 0 Å². The molecule has 1 aliphatic carbocycles. The van der Waals surface area contributed by atoms with Gasteiger partial charge in [0.15, 0.2) is 0 Å². The molecule has 1 aliphatic rings. The van der Waals surface area contributed by atoms with Crippen LogP contribution in [-0.2, 0) is 9.59 Å². The molecule has 5 heteroatoms. The predicted octanol–water partition coefficient (Wildman–Crippen LogP) is 2.88. The third-order valence-corrected chi connectivity index (χ3v) is 3.97. The number of carbonyl (C=O) groups is 2. The van der Waals surface area contributed by atoms with Crippen LogP contribution in [0.25, 0.3) is 0 Å². The van der Waals surface area contributed by atoms with Crippen molar-refractivity contribution in [2.45, 2.75) is 51.5 Å². The summed E-state index contributed by atoms with van der Waals surface area (Å²) in [5.41, 5.74) is 6.82. The maximum atomic E-state index is 12.2. The maximum Gasteiger partial charge on any atom is 0.244 e. The van der Waals surface area contributed by atoms with Gasteiger partial charge in [0.05, 0.1) is 5.54 Å². The van der Waals surface area contributed by atoms with Gasteiger partial charge >= 0.3 is 0 Å². The standard InChI is InChI=1S/C17H25N3O2/c1-12(2)11-15(21)19-13-5-7-14(8-6-13)20-16(22)17(18)9-3-4-10-17/h5-8,12H,3-4,9-11,18H2,1-2H3,(H,19,21)(H,20,22).